The lowest BCUT2D eigenvalue weighted by atomic mass is 10.1. The first-order valence-corrected chi connectivity index (χ1v) is 7.09. The van der Waals surface area contributed by atoms with Crippen LogP contribution in [0.3, 0.4) is 0 Å². The van der Waals surface area contributed by atoms with E-state index in [1.54, 1.807) is 12.1 Å². The average molecular weight is 278 g/mol. The van der Waals surface area contributed by atoms with Crippen LogP contribution in [0.15, 0.2) is 24.3 Å². The summed E-state index contributed by atoms with van der Waals surface area (Å²) in [6, 6.07) is 6.04. The first kappa shape index (κ1) is 15.0. The monoisotopic (exact) mass is 278 g/mol. The molecule has 0 fully saturated rings. The van der Waals surface area contributed by atoms with E-state index in [1.165, 1.54) is 19.2 Å². The van der Waals surface area contributed by atoms with Crippen LogP contribution in [-0.2, 0) is 16.6 Å². The number of halogens is 2. The molecule has 0 amide bonds. The first-order valence-electron chi connectivity index (χ1n) is 5.43. The third-order valence-electron chi connectivity index (χ3n) is 2.39. The zero-order valence-electron chi connectivity index (χ0n) is 9.99. The molecule has 0 spiro atoms. The highest BCUT2D eigenvalue weighted by molar-refractivity contribution is 7.89. The van der Waals surface area contributed by atoms with Gasteiger partial charge in [0.05, 0.1) is 5.75 Å². The van der Waals surface area contributed by atoms with Crippen LogP contribution in [-0.4, -0.2) is 27.8 Å². The van der Waals surface area contributed by atoms with Crippen molar-refractivity contribution in [1.29, 1.82) is 0 Å². The molecule has 0 aliphatic rings. The normalized spacial score (nSPS) is 12.0. The van der Waals surface area contributed by atoms with Gasteiger partial charge in [0.15, 0.2) is 0 Å². The molecule has 0 aliphatic heterocycles. The molecule has 2 N–H and O–H groups in total. The van der Waals surface area contributed by atoms with E-state index in [4.69, 9.17) is 0 Å². The Morgan fingerprint density at radius 3 is 2.67 bits per heavy atom. The molecule has 102 valence electrons. The van der Waals surface area contributed by atoms with Crippen molar-refractivity contribution in [3.63, 3.8) is 0 Å². The second-order valence-electron chi connectivity index (χ2n) is 3.75. The second-order valence-corrected chi connectivity index (χ2v) is 5.79. The predicted molar refractivity (Wildman–Crippen MR) is 66.0 cm³/mol. The number of hydrogen-bond acceptors (Lipinski definition) is 3. The van der Waals surface area contributed by atoms with Crippen molar-refractivity contribution in [2.24, 2.45) is 0 Å². The van der Waals surface area contributed by atoms with Crippen LogP contribution in [0.25, 0.3) is 0 Å². The van der Waals surface area contributed by atoms with Crippen LogP contribution in [0.5, 0.6) is 0 Å². The summed E-state index contributed by atoms with van der Waals surface area (Å²) in [4.78, 5) is 0. The van der Waals surface area contributed by atoms with E-state index in [0.29, 0.717) is 12.1 Å². The highest BCUT2D eigenvalue weighted by Crippen LogP contribution is 2.19. The summed E-state index contributed by atoms with van der Waals surface area (Å²) in [5, 5.41) is 2.89. The topological polar surface area (TPSA) is 58.2 Å². The van der Waals surface area contributed by atoms with E-state index in [0.717, 1.165) is 0 Å². The number of hydrogen-bond donors (Lipinski definition) is 2. The molecule has 0 bridgehead atoms. The standard InChI is InChI=1S/C11H16F2N2O2S/c1-14-18(16,17)6-5-15-8-9-3-2-4-10(7-9)11(12)13/h2-4,7,11,14-15H,5-6,8H2,1H3. The van der Waals surface area contributed by atoms with Crippen LogP contribution in [0.4, 0.5) is 8.78 Å². The lowest BCUT2D eigenvalue weighted by molar-refractivity contribution is 0.151. The van der Waals surface area contributed by atoms with Crippen LogP contribution < -0.4 is 10.0 Å². The zero-order chi connectivity index (χ0) is 13.6. The summed E-state index contributed by atoms with van der Waals surface area (Å²) in [6.07, 6.45) is -2.49. The summed E-state index contributed by atoms with van der Waals surface area (Å²) >= 11 is 0. The van der Waals surface area contributed by atoms with Gasteiger partial charge in [0.25, 0.3) is 6.43 Å². The third-order valence-corrected chi connectivity index (χ3v) is 3.75. The Morgan fingerprint density at radius 1 is 1.33 bits per heavy atom. The van der Waals surface area contributed by atoms with E-state index in [-0.39, 0.29) is 17.9 Å². The van der Waals surface area contributed by atoms with Crippen molar-refractivity contribution >= 4 is 10.0 Å². The Labute approximate surface area is 105 Å². The van der Waals surface area contributed by atoms with Crippen molar-refractivity contribution in [1.82, 2.24) is 10.0 Å². The minimum Gasteiger partial charge on any atom is -0.312 e. The maximum Gasteiger partial charge on any atom is 0.263 e. The van der Waals surface area contributed by atoms with Crippen LogP contribution in [0.2, 0.25) is 0 Å². The Hall–Kier alpha value is -1.05. The minimum absolute atomic E-state index is 0.0304. The summed E-state index contributed by atoms with van der Waals surface area (Å²) in [7, 11) is -1.88. The lowest BCUT2D eigenvalue weighted by Crippen LogP contribution is -2.29. The molecule has 4 nitrogen and oxygen atoms in total. The number of sulfonamides is 1. The molecule has 0 aliphatic carbocycles. The van der Waals surface area contributed by atoms with Gasteiger partial charge in [-0.15, -0.1) is 0 Å². The Balaban J connectivity index is 2.42. The average Bonchev–Trinajstić information content (AvgIpc) is 2.35. The molecule has 0 saturated carbocycles. The molecule has 1 aromatic rings. The van der Waals surface area contributed by atoms with E-state index >= 15 is 0 Å². The van der Waals surface area contributed by atoms with Crippen LogP contribution in [0, 0.1) is 0 Å². The quantitative estimate of drug-likeness (QED) is 0.738. The molecular weight excluding hydrogens is 262 g/mol. The van der Waals surface area contributed by atoms with E-state index < -0.39 is 16.4 Å². The first-order chi connectivity index (χ1) is 8.44. The lowest BCUT2D eigenvalue weighted by Gasteiger charge is -2.07. The van der Waals surface area contributed by atoms with Gasteiger partial charge in [-0.05, 0) is 18.7 Å². The molecule has 0 saturated heterocycles. The van der Waals surface area contributed by atoms with Crippen molar-refractivity contribution in [2.45, 2.75) is 13.0 Å². The Kier molecular flexibility index (Phi) is 5.64. The van der Waals surface area contributed by atoms with E-state index in [1.807, 2.05) is 0 Å². The maximum absolute atomic E-state index is 12.4. The van der Waals surface area contributed by atoms with Crippen molar-refractivity contribution in [3.8, 4) is 0 Å². The molecule has 7 heteroatoms. The number of nitrogens with one attached hydrogen (secondary N) is 2. The van der Waals surface area contributed by atoms with Gasteiger partial charge >= 0.3 is 0 Å². The van der Waals surface area contributed by atoms with Gasteiger partial charge in [-0.3, -0.25) is 0 Å². The number of benzene rings is 1. The summed E-state index contributed by atoms with van der Waals surface area (Å²) in [5.41, 5.74) is 0.673. The molecule has 0 atom stereocenters. The third kappa shape index (κ3) is 5.07. The largest absolute Gasteiger partial charge is 0.312 e. The molecule has 1 aromatic carbocycles. The highest BCUT2D eigenvalue weighted by atomic mass is 32.2. The maximum atomic E-state index is 12.4. The fraction of sp³-hybridized carbons (Fsp3) is 0.455. The van der Waals surface area contributed by atoms with Gasteiger partial charge in [-0.2, -0.15) is 0 Å². The predicted octanol–water partition coefficient (Wildman–Crippen LogP) is 1.26. The van der Waals surface area contributed by atoms with Gasteiger partial charge in [-0.1, -0.05) is 18.2 Å². The van der Waals surface area contributed by atoms with Crippen molar-refractivity contribution in [2.75, 3.05) is 19.3 Å². The molecule has 18 heavy (non-hydrogen) atoms. The van der Waals surface area contributed by atoms with Crippen molar-refractivity contribution < 1.29 is 17.2 Å². The molecular formula is C11H16F2N2O2S. The number of rotatable bonds is 7. The van der Waals surface area contributed by atoms with E-state index in [9.17, 15) is 17.2 Å². The van der Waals surface area contributed by atoms with E-state index in [2.05, 4.69) is 10.0 Å². The molecule has 0 aromatic heterocycles. The molecule has 0 heterocycles. The van der Waals surface area contributed by atoms with Crippen molar-refractivity contribution in [3.05, 3.63) is 35.4 Å². The molecule has 1 rings (SSSR count). The van der Waals surface area contributed by atoms with Gasteiger partial charge in [0.2, 0.25) is 10.0 Å². The smallest absolute Gasteiger partial charge is 0.263 e. The summed E-state index contributed by atoms with van der Waals surface area (Å²) in [6.45, 7) is 0.627. The fourth-order valence-corrected chi connectivity index (χ4v) is 2.00. The van der Waals surface area contributed by atoms with Gasteiger partial charge in [0, 0.05) is 18.7 Å². The molecule has 0 radical (unpaired) electrons. The summed E-state index contributed by atoms with van der Waals surface area (Å²) in [5.74, 6) is -0.0436. The Bertz CT molecular complexity index is 478. The van der Waals surface area contributed by atoms with Crippen LogP contribution in [0.1, 0.15) is 17.6 Å². The van der Waals surface area contributed by atoms with Gasteiger partial charge in [-0.25, -0.2) is 21.9 Å². The fourth-order valence-electron chi connectivity index (χ4n) is 1.38. The second kappa shape index (κ2) is 6.77. The SMILES string of the molecule is CNS(=O)(=O)CCNCc1cccc(C(F)F)c1. The minimum atomic E-state index is -3.23. The highest BCUT2D eigenvalue weighted by Gasteiger charge is 2.08. The number of alkyl halides is 2. The van der Waals surface area contributed by atoms with Crippen LogP contribution >= 0.6 is 0 Å². The van der Waals surface area contributed by atoms with Gasteiger partial charge < -0.3 is 5.32 Å². The molecule has 0 unspecified atom stereocenters. The Morgan fingerprint density at radius 2 is 2.06 bits per heavy atom. The van der Waals surface area contributed by atoms with Gasteiger partial charge in [0.1, 0.15) is 0 Å². The zero-order valence-corrected chi connectivity index (χ0v) is 10.8. The summed E-state index contributed by atoms with van der Waals surface area (Å²) < 4.78 is 49.3.